The standard InChI is InChI=1S/C6H6FN5O3S/c1-15-6-9-2-3(7)4-10-5(11-12(4)6)16(8,13)14/h2H,1H3,(H2,8,13,14). The Morgan fingerprint density at radius 2 is 2.25 bits per heavy atom. The number of primary sulfonamides is 1. The van der Waals surface area contributed by atoms with Crippen LogP contribution in [0.15, 0.2) is 11.4 Å². The van der Waals surface area contributed by atoms with Crippen molar-refractivity contribution in [1.29, 1.82) is 0 Å². The first kappa shape index (κ1) is 10.7. The first-order chi connectivity index (χ1) is 7.43. The van der Waals surface area contributed by atoms with E-state index in [0.717, 1.165) is 10.7 Å². The molecule has 0 aliphatic carbocycles. The second-order valence-corrected chi connectivity index (χ2v) is 4.22. The quantitative estimate of drug-likeness (QED) is 0.722. The third-order valence-corrected chi connectivity index (χ3v) is 2.39. The third-order valence-electron chi connectivity index (χ3n) is 1.71. The highest BCUT2D eigenvalue weighted by atomic mass is 32.2. The molecule has 0 unspecified atom stereocenters. The van der Waals surface area contributed by atoms with Crippen molar-refractivity contribution in [3.8, 4) is 6.01 Å². The molecule has 0 fully saturated rings. The van der Waals surface area contributed by atoms with Crippen molar-refractivity contribution in [3.63, 3.8) is 0 Å². The minimum absolute atomic E-state index is 0.0983. The van der Waals surface area contributed by atoms with Crippen molar-refractivity contribution >= 4 is 15.7 Å². The molecule has 2 N–H and O–H groups in total. The van der Waals surface area contributed by atoms with Crippen molar-refractivity contribution in [3.05, 3.63) is 12.0 Å². The molecule has 0 saturated carbocycles. The van der Waals surface area contributed by atoms with Gasteiger partial charge < -0.3 is 4.74 Å². The van der Waals surface area contributed by atoms with Crippen LogP contribution in [0.3, 0.4) is 0 Å². The molecule has 10 heteroatoms. The van der Waals surface area contributed by atoms with E-state index in [2.05, 4.69) is 15.1 Å². The van der Waals surface area contributed by atoms with E-state index in [1.807, 2.05) is 0 Å². The van der Waals surface area contributed by atoms with E-state index in [4.69, 9.17) is 9.88 Å². The number of methoxy groups -OCH3 is 1. The van der Waals surface area contributed by atoms with E-state index in [1.54, 1.807) is 0 Å². The number of hydrogen-bond acceptors (Lipinski definition) is 6. The molecular weight excluding hydrogens is 241 g/mol. The van der Waals surface area contributed by atoms with Crippen LogP contribution >= 0.6 is 0 Å². The summed E-state index contributed by atoms with van der Waals surface area (Å²) in [5.41, 5.74) is -0.323. The molecule has 0 spiro atoms. The number of halogens is 1. The molecule has 86 valence electrons. The Bertz CT molecular complexity index is 651. The summed E-state index contributed by atoms with van der Waals surface area (Å²) >= 11 is 0. The van der Waals surface area contributed by atoms with Gasteiger partial charge in [0.25, 0.3) is 15.2 Å². The van der Waals surface area contributed by atoms with Gasteiger partial charge >= 0.3 is 6.01 Å². The Labute approximate surface area is 88.9 Å². The zero-order chi connectivity index (χ0) is 11.9. The van der Waals surface area contributed by atoms with Gasteiger partial charge in [-0.3, -0.25) is 0 Å². The van der Waals surface area contributed by atoms with Gasteiger partial charge in [0.1, 0.15) is 0 Å². The van der Waals surface area contributed by atoms with E-state index in [1.165, 1.54) is 7.11 Å². The van der Waals surface area contributed by atoms with Crippen LogP contribution in [-0.2, 0) is 10.0 Å². The van der Waals surface area contributed by atoms with Gasteiger partial charge in [0, 0.05) is 0 Å². The number of fused-ring (bicyclic) bond motifs is 1. The Morgan fingerprint density at radius 3 is 2.81 bits per heavy atom. The molecule has 0 aliphatic rings. The highest BCUT2D eigenvalue weighted by molar-refractivity contribution is 7.89. The predicted molar refractivity (Wildman–Crippen MR) is 48.7 cm³/mol. The Kier molecular flexibility index (Phi) is 2.24. The van der Waals surface area contributed by atoms with Gasteiger partial charge in [-0.25, -0.2) is 22.9 Å². The van der Waals surface area contributed by atoms with E-state index in [9.17, 15) is 12.8 Å². The van der Waals surface area contributed by atoms with Gasteiger partial charge in [-0.1, -0.05) is 0 Å². The molecule has 0 saturated heterocycles. The highest BCUT2D eigenvalue weighted by Crippen LogP contribution is 2.14. The lowest BCUT2D eigenvalue weighted by Crippen LogP contribution is -2.14. The number of rotatable bonds is 2. The number of sulfonamides is 1. The average Bonchev–Trinajstić information content (AvgIpc) is 2.63. The second-order valence-electron chi connectivity index (χ2n) is 2.77. The molecule has 0 radical (unpaired) electrons. The minimum Gasteiger partial charge on any atom is -0.467 e. The Morgan fingerprint density at radius 1 is 1.56 bits per heavy atom. The lowest BCUT2D eigenvalue weighted by molar-refractivity contribution is 0.363. The minimum atomic E-state index is -4.10. The van der Waals surface area contributed by atoms with E-state index in [0.29, 0.717) is 0 Å². The summed E-state index contributed by atoms with van der Waals surface area (Å²) in [4.78, 5) is 6.98. The molecule has 2 rings (SSSR count). The molecule has 16 heavy (non-hydrogen) atoms. The molecule has 0 aliphatic heterocycles. The predicted octanol–water partition coefficient (Wildman–Crippen LogP) is -1.08. The largest absolute Gasteiger partial charge is 0.467 e. The van der Waals surface area contributed by atoms with Crippen molar-refractivity contribution in [2.75, 3.05) is 7.11 Å². The monoisotopic (exact) mass is 247 g/mol. The van der Waals surface area contributed by atoms with E-state index in [-0.39, 0.29) is 11.7 Å². The summed E-state index contributed by atoms with van der Waals surface area (Å²) in [5.74, 6) is -0.830. The second kappa shape index (κ2) is 3.35. The molecule has 0 amide bonds. The van der Waals surface area contributed by atoms with Gasteiger partial charge in [0.05, 0.1) is 13.3 Å². The van der Waals surface area contributed by atoms with Crippen LogP contribution in [0.25, 0.3) is 5.65 Å². The van der Waals surface area contributed by atoms with Crippen molar-refractivity contribution in [2.24, 2.45) is 5.14 Å². The number of hydrogen-bond donors (Lipinski definition) is 1. The smallest absolute Gasteiger partial charge is 0.319 e. The highest BCUT2D eigenvalue weighted by Gasteiger charge is 2.19. The molecular formula is C6H6FN5O3S. The van der Waals surface area contributed by atoms with E-state index < -0.39 is 21.0 Å². The Hall–Kier alpha value is -1.81. The van der Waals surface area contributed by atoms with Gasteiger partial charge in [-0.2, -0.15) is 9.50 Å². The fourth-order valence-corrected chi connectivity index (χ4v) is 1.47. The molecule has 0 bridgehead atoms. The van der Waals surface area contributed by atoms with Crippen molar-refractivity contribution < 1.29 is 17.5 Å². The molecule has 2 aromatic heterocycles. The van der Waals surface area contributed by atoms with Crippen LogP contribution in [0.5, 0.6) is 6.01 Å². The van der Waals surface area contributed by atoms with Crippen molar-refractivity contribution in [2.45, 2.75) is 5.16 Å². The van der Waals surface area contributed by atoms with Gasteiger partial charge in [-0.05, 0) is 0 Å². The third kappa shape index (κ3) is 1.57. The molecule has 8 nitrogen and oxygen atoms in total. The van der Waals surface area contributed by atoms with Crippen LogP contribution in [-0.4, -0.2) is 35.1 Å². The Balaban J connectivity index is 2.83. The fraction of sp³-hybridized carbons (Fsp3) is 0.167. The summed E-state index contributed by atoms with van der Waals surface area (Å²) in [6, 6.07) is -0.0983. The maximum atomic E-state index is 13.2. The fourth-order valence-electron chi connectivity index (χ4n) is 1.07. The van der Waals surface area contributed by atoms with Gasteiger partial charge in [0.2, 0.25) is 0 Å². The summed E-state index contributed by atoms with van der Waals surface area (Å²) in [6.45, 7) is 0. The number of nitrogens with two attached hydrogens (primary N) is 1. The number of nitrogens with zero attached hydrogens (tertiary/aromatic N) is 4. The molecule has 0 aromatic carbocycles. The van der Waals surface area contributed by atoms with Crippen LogP contribution in [0.2, 0.25) is 0 Å². The van der Waals surface area contributed by atoms with Gasteiger partial charge in [-0.15, -0.1) is 5.10 Å². The first-order valence-corrected chi connectivity index (χ1v) is 5.46. The summed E-state index contributed by atoms with van der Waals surface area (Å²) in [5, 5.41) is 7.60. The number of ether oxygens (including phenoxy) is 1. The molecule has 0 atom stereocenters. The normalized spacial score (nSPS) is 11.9. The van der Waals surface area contributed by atoms with Crippen LogP contribution in [0.1, 0.15) is 0 Å². The molecule has 2 heterocycles. The maximum absolute atomic E-state index is 13.2. The van der Waals surface area contributed by atoms with Crippen LogP contribution < -0.4 is 9.88 Å². The lowest BCUT2D eigenvalue weighted by atomic mass is 10.6. The van der Waals surface area contributed by atoms with Crippen molar-refractivity contribution in [1.82, 2.24) is 19.6 Å². The zero-order valence-corrected chi connectivity index (χ0v) is 8.77. The van der Waals surface area contributed by atoms with Gasteiger partial charge in [0.15, 0.2) is 11.5 Å². The first-order valence-electron chi connectivity index (χ1n) is 3.91. The lowest BCUT2D eigenvalue weighted by Gasteiger charge is -1.99. The SMILES string of the molecule is COc1ncc(F)c2nc(S(N)(=O)=O)nn12. The van der Waals surface area contributed by atoms with Crippen LogP contribution in [0, 0.1) is 5.82 Å². The topological polar surface area (TPSA) is 112 Å². The van der Waals surface area contributed by atoms with Crippen LogP contribution in [0.4, 0.5) is 4.39 Å². The van der Waals surface area contributed by atoms with E-state index >= 15 is 0 Å². The maximum Gasteiger partial charge on any atom is 0.319 e. The zero-order valence-electron chi connectivity index (χ0n) is 7.95. The average molecular weight is 247 g/mol. The summed E-state index contributed by atoms with van der Waals surface area (Å²) in [6.07, 6.45) is 0.843. The summed E-state index contributed by atoms with van der Waals surface area (Å²) < 4.78 is 40.7. The number of aromatic nitrogens is 4. The summed E-state index contributed by atoms with van der Waals surface area (Å²) in [7, 11) is -2.82. The molecule has 2 aromatic rings.